The van der Waals surface area contributed by atoms with Crippen molar-refractivity contribution in [2.45, 2.75) is 19.4 Å². The van der Waals surface area contributed by atoms with Crippen molar-refractivity contribution in [2.75, 3.05) is 4.90 Å². The molecule has 1 aromatic heterocycles. The molecule has 3 rings (SSSR count). The zero-order valence-corrected chi connectivity index (χ0v) is 10.3. The fourth-order valence-electron chi connectivity index (χ4n) is 2.38. The van der Waals surface area contributed by atoms with E-state index in [0.29, 0.717) is 13.0 Å². The lowest BCUT2D eigenvalue weighted by Gasteiger charge is -2.28. The number of aromatic nitrogens is 2. The number of anilines is 1. The average molecular weight is 241 g/mol. The van der Waals surface area contributed by atoms with Crippen molar-refractivity contribution in [3.05, 3.63) is 48.0 Å². The molecule has 1 amide bonds. The Labute approximate surface area is 106 Å². The number of amides is 1. The highest BCUT2D eigenvalue weighted by atomic mass is 16.2. The standard InChI is InChI=1S/C14H15N3O/c1-16-8-12(15-10-16)9-17-13-5-3-2-4-11(13)6-7-14(17)18/h2-5,8,10H,6-7,9H2,1H3. The number of fused-ring (bicyclic) bond motifs is 1. The Morgan fingerprint density at radius 3 is 2.89 bits per heavy atom. The minimum atomic E-state index is 0.180. The number of benzene rings is 1. The molecular formula is C14H15N3O. The quantitative estimate of drug-likeness (QED) is 0.805. The van der Waals surface area contributed by atoms with E-state index in [2.05, 4.69) is 11.1 Å². The van der Waals surface area contributed by atoms with Crippen molar-refractivity contribution in [2.24, 2.45) is 7.05 Å². The van der Waals surface area contributed by atoms with Crippen LogP contribution in [0.5, 0.6) is 0 Å². The number of rotatable bonds is 2. The van der Waals surface area contributed by atoms with Crippen molar-refractivity contribution < 1.29 is 4.79 Å². The molecule has 0 aliphatic carbocycles. The molecule has 0 saturated carbocycles. The van der Waals surface area contributed by atoms with E-state index in [9.17, 15) is 4.79 Å². The van der Waals surface area contributed by atoms with Gasteiger partial charge in [-0.2, -0.15) is 0 Å². The highest BCUT2D eigenvalue weighted by molar-refractivity contribution is 5.96. The molecule has 0 N–H and O–H groups in total. The maximum Gasteiger partial charge on any atom is 0.227 e. The molecule has 0 bridgehead atoms. The molecule has 18 heavy (non-hydrogen) atoms. The third-order valence-corrected chi connectivity index (χ3v) is 3.27. The summed E-state index contributed by atoms with van der Waals surface area (Å²) in [4.78, 5) is 18.2. The predicted molar refractivity (Wildman–Crippen MR) is 69.2 cm³/mol. The Balaban J connectivity index is 1.93. The van der Waals surface area contributed by atoms with E-state index in [4.69, 9.17) is 0 Å². The first kappa shape index (κ1) is 11.0. The summed E-state index contributed by atoms with van der Waals surface area (Å²) >= 11 is 0. The van der Waals surface area contributed by atoms with Crippen molar-refractivity contribution >= 4 is 11.6 Å². The predicted octanol–water partition coefficient (Wildman–Crippen LogP) is 1.90. The Morgan fingerprint density at radius 2 is 2.11 bits per heavy atom. The highest BCUT2D eigenvalue weighted by Crippen LogP contribution is 2.28. The smallest absolute Gasteiger partial charge is 0.227 e. The van der Waals surface area contributed by atoms with Crippen molar-refractivity contribution in [3.8, 4) is 0 Å². The zero-order chi connectivity index (χ0) is 12.5. The average Bonchev–Trinajstić information content (AvgIpc) is 2.79. The second kappa shape index (κ2) is 4.29. The van der Waals surface area contributed by atoms with Crippen LogP contribution in [-0.2, 0) is 24.8 Å². The summed E-state index contributed by atoms with van der Waals surface area (Å²) in [7, 11) is 1.93. The summed E-state index contributed by atoms with van der Waals surface area (Å²) in [6.45, 7) is 0.552. The molecule has 2 heterocycles. The Kier molecular flexibility index (Phi) is 2.63. The molecule has 0 spiro atoms. The number of nitrogens with zero attached hydrogens (tertiary/aromatic N) is 3. The van der Waals surface area contributed by atoms with Gasteiger partial charge in [0, 0.05) is 25.4 Å². The van der Waals surface area contributed by atoms with Gasteiger partial charge in [-0.3, -0.25) is 4.79 Å². The highest BCUT2D eigenvalue weighted by Gasteiger charge is 2.24. The minimum Gasteiger partial charge on any atom is -0.340 e. The fraction of sp³-hybridized carbons (Fsp3) is 0.286. The first-order valence-corrected chi connectivity index (χ1v) is 6.09. The van der Waals surface area contributed by atoms with E-state index in [0.717, 1.165) is 17.8 Å². The van der Waals surface area contributed by atoms with Crippen LogP contribution in [0.25, 0.3) is 0 Å². The topological polar surface area (TPSA) is 38.1 Å². The van der Waals surface area contributed by atoms with E-state index in [1.54, 1.807) is 6.33 Å². The number of imidazole rings is 1. The molecule has 1 aromatic carbocycles. The first-order valence-electron chi connectivity index (χ1n) is 6.09. The van der Waals surface area contributed by atoms with Crippen molar-refractivity contribution in [1.82, 2.24) is 9.55 Å². The molecule has 4 heteroatoms. The lowest BCUT2D eigenvalue weighted by atomic mass is 10.0. The summed E-state index contributed by atoms with van der Waals surface area (Å²) in [5.74, 6) is 0.180. The van der Waals surface area contributed by atoms with Gasteiger partial charge >= 0.3 is 0 Å². The van der Waals surface area contributed by atoms with Crippen LogP contribution in [0.15, 0.2) is 36.8 Å². The fourth-order valence-corrected chi connectivity index (χ4v) is 2.38. The van der Waals surface area contributed by atoms with Crippen LogP contribution in [0.4, 0.5) is 5.69 Å². The van der Waals surface area contributed by atoms with Gasteiger partial charge in [-0.25, -0.2) is 4.98 Å². The first-order chi connectivity index (χ1) is 8.74. The van der Waals surface area contributed by atoms with Crippen LogP contribution >= 0.6 is 0 Å². The summed E-state index contributed by atoms with van der Waals surface area (Å²) in [6, 6.07) is 8.10. The van der Waals surface area contributed by atoms with E-state index >= 15 is 0 Å². The van der Waals surface area contributed by atoms with Gasteiger partial charge in [0.2, 0.25) is 5.91 Å². The van der Waals surface area contributed by atoms with E-state index < -0.39 is 0 Å². The molecule has 4 nitrogen and oxygen atoms in total. The van der Waals surface area contributed by atoms with Gasteiger partial charge in [-0.1, -0.05) is 18.2 Å². The second-order valence-corrected chi connectivity index (χ2v) is 4.64. The summed E-state index contributed by atoms with van der Waals surface area (Å²) < 4.78 is 1.90. The molecule has 1 aliphatic heterocycles. The van der Waals surface area contributed by atoms with Gasteiger partial charge in [0.25, 0.3) is 0 Å². The molecule has 0 fully saturated rings. The molecule has 2 aromatic rings. The van der Waals surface area contributed by atoms with E-state index in [-0.39, 0.29) is 5.91 Å². The third-order valence-electron chi connectivity index (χ3n) is 3.27. The normalized spacial score (nSPS) is 14.7. The Bertz CT molecular complexity index is 588. The zero-order valence-electron chi connectivity index (χ0n) is 10.3. The number of hydrogen-bond acceptors (Lipinski definition) is 2. The third kappa shape index (κ3) is 1.90. The van der Waals surface area contributed by atoms with Crippen molar-refractivity contribution in [1.29, 1.82) is 0 Å². The SMILES string of the molecule is Cn1cnc(CN2C(=O)CCc3ccccc32)c1. The van der Waals surface area contributed by atoms with Crippen LogP contribution in [0.2, 0.25) is 0 Å². The Morgan fingerprint density at radius 1 is 1.28 bits per heavy atom. The molecular weight excluding hydrogens is 226 g/mol. The van der Waals surface area contributed by atoms with E-state index in [1.807, 2.05) is 40.9 Å². The Hall–Kier alpha value is -2.10. The summed E-state index contributed by atoms with van der Waals surface area (Å²) in [5, 5.41) is 0. The molecule has 0 atom stereocenters. The van der Waals surface area contributed by atoms with Gasteiger partial charge in [0.05, 0.1) is 18.6 Å². The van der Waals surface area contributed by atoms with Crippen LogP contribution < -0.4 is 4.90 Å². The van der Waals surface area contributed by atoms with Crippen LogP contribution in [0.1, 0.15) is 17.7 Å². The van der Waals surface area contributed by atoms with E-state index in [1.165, 1.54) is 5.56 Å². The molecule has 0 unspecified atom stereocenters. The minimum absolute atomic E-state index is 0.180. The molecule has 0 saturated heterocycles. The second-order valence-electron chi connectivity index (χ2n) is 4.64. The molecule has 0 radical (unpaired) electrons. The maximum atomic E-state index is 12.1. The number of hydrogen-bond donors (Lipinski definition) is 0. The van der Waals surface area contributed by atoms with Gasteiger partial charge in [0.15, 0.2) is 0 Å². The van der Waals surface area contributed by atoms with Crippen LogP contribution in [-0.4, -0.2) is 15.5 Å². The van der Waals surface area contributed by atoms with Crippen molar-refractivity contribution in [3.63, 3.8) is 0 Å². The number of carbonyl (C=O) groups is 1. The number of para-hydroxylation sites is 1. The van der Waals surface area contributed by atoms with Crippen LogP contribution in [0.3, 0.4) is 0 Å². The monoisotopic (exact) mass is 241 g/mol. The lowest BCUT2D eigenvalue weighted by molar-refractivity contribution is -0.119. The number of aryl methyl sites for hydroxylation is 2. The van der Waals surface area contributed by atoms with Gasteiger partial charge in [-0.15, -0.1) is 0 Å². The summed E-state index contributed by atoms with van der Waals surface area (Å²) in [6.07, 6.45) is 5.14. The van der Waals surface area contributed by atoms with Gasteiger partial charge < -0.3 is 9.47 Å². The molecule has 92 valence electrons. The molecule has 1 aliphatic rings. The lowest BCUT2D eigenvalue weighted by Crippen LogP contribution is -2.34. The van der Waals surface area contributed by atoms with Gasteiger partial charge in [-0.05, 0) is 18.1 Å². The van der Waals surface area contributed by atoms with Gasteiger partial charge in [0.1, 0.15) is 0 Å². The maximum absolute atomic E-state index is 12.1. The number of carbonyl (C=O) groups excluding carboxylic acids is 1. The van der Waals surface area contributed by atoms with Crippen LogP contribution in [0, 0.1) is 0 Å². The summed E-state index contributed by atoms with van der Waals surface area (Å²) in [5.41, 5.74) is 3.19. The largest absolute Gasteiger partial charge is 0.340 e.